The second-order valence-corrected chi connectivity index (χ2v) is 7.16. The molecule has 0 aliphatic heterocycles. The predicted octanol–water partition coefficient (Wildman–Crippen LogP) is 1.27. The van der Waals surface area contributed by atoms with Gasteiger partial charge >= 0.3 is 0 Å². The van der Waals surface area contributed by atoms with E-state index < -0.39 is 10.0 Å². The first-order chi connectivity index (χ1) is 8.49. The van der Waals surface area contributed by atoms with Crippen molar-refractivity contribution in [1.29, 1.82) is 0 Å². The summed E-state index contributed by atoms with van der Waals surface area (Å²) in [6.07, 6.45) is 1.96. The monoisotopic (exact) mass is 288 g/mol. The Morgan fingerprint density at radius 3 is 2.61 bits per heavy atom. The summed E-state index contributed by atoms with van der Waals surface area (Å²) < 4.78 is 25.6. The zero-order valence-electron chi connectivity index (χ0n) is 10.8. The van der Waals surface area contributed by atoms with Gasteiger partial charge < -0.3 is 5.73 Å². The molecule has 0 aromatic heterocycles. The molecule has 0 radical (unpaired) electrons. The Kier molecular flexibility index (Phi) is 6.14. The normalized spacial score (nSPS) is 12.0. The van der Waals surface area contributed by atoms with E-state index in [0.717, 1.165) is 16.9 Å². The second-order valence-electron chi connectivity index (χ2n) is 4.09. The molecule has 0 aliphatic carbocycles. The largest absolute Gasteiger partial charge is 0.326 e. The fourth-order valence-corrected chi connectivity index (χ4v) is 3.29. The van der Waals surface area contributed by atoms with Crippen LogP contribution >= 0.6 is 11.8 Å². The van der Waals surface area contributed by atoms with Crippen LogP contribution in [0, 0.1) is 0 Å². The summed E-state index contributed by atoms with van der Waals surface area (Å²) in [6.45, 7) is 0.969. The highest BCUT2D eigenvalue weighted by Gasteiger charge is 2.17. The molecule has 6 heteroatoms. The lowest BCUT2D eigenvalue weighted by Crippen LogP contribution is -2.30. The Balaban J connectivity index is 2.75. The Bertz CT molecular complexity index is 475. The lowest BCUT2D eigenvalue weighted by Gasteiger charge is -2.16. The van der Waals surface area contributed by atoms with Gasteiger partial charge in [-0.05, 0) is 17.4 Å². The topological polar surface area (TPSA) is 63.4 Å². The number of hydrogen-bond acceptors (Lipinski definition) is 4. The summed E-state index contributed by atoms with van der Waals surface area (Å²) in [5.74, 6) is 0.838. The Morgan fingerprint density at radius 2 is 2.00 bits per heavy atom. The van der Waals surface area contributed by atoms with Crippen LogP contribution in [-0.2, 0) is 22.3 Å². The van der Waals surface area contributed by atoms with Gasteiger partial charge in [0.2, 0.25) is 10.0 Å². The average Bonchev–Trinajstić information content (AvgIpc) is 2.35. The molecule has 18 heavy (non-hydrogen) atoms. The number of nitrogens with two attached hydrogens (primary N) is 1. The molecule has 0 atom stereocenters. The maximum absolute atomic E-state index is 12.1. The van der Waals surface area contributed by atoms with Gasteiger partial charge in [0, 0.05) is 25.9 Å². The van der Waals surface area contributed by atoms with E-state index in [1.54, 1.807) is 18.8 Å². The van der Waals surface area contributed by atoms with E-state index in [-0.39, 0.29) is 5.75 Å². The molecule has 0 fully saturated rings. The summed E-state index contributed by atoms with van der Waals surface area (Å²) in [5, 5.41) is 0. The number of nitrogens with zero attached hydrogens (tertiary/aromatic N) is 1. The van der Waals surface area contributed by atoms with Gasteiger partial charge in [0.05, 0.1) is 5.75 Å². The van der Waals surface area contributed by atoms with Gasteiger partial charge in [-0.25, -0.2) is 12.7 Å². The number of rotatable bonds is 7. The van der Waals surface area contributed by atoms with Gasteiger partial charge in [-0.15, -0.1) is 0 Å². The van der Waals surface area contributed by atoms with E-state index >= 15 is 0 Å². The van der Waals surface area contributed by atoms with Crippen LogP contribution in [0.5, 0.6) is 0 Å². The lowest BCUT2D eigenvalue weighted by molar-refractivity contribution is 0.487. The molecular weight excluding hydrogens is 268 g/mol. The van der Waals surface area contributed by atoms with Crippen LogP contribution in [-0.4, -0.2) is 38.3 Å². The molecule has 1 aromatic rings. The minimum absolute atomic E-state index is 0.0335. The molecule has 0 bridgehead atoms. The third kappa shape index (κ3) is 4.61. The van der Waals surface area contributed by atoms with Gasteiger partial charge in [0.1, 0.15) is 0 Å². The molecule has 0 aliphatic rings. The van der Waals surface area contributed by atoms with Crippen LogP contribution in [0.25, 0.3) is 0 Å². The Morgan fingerprint density at radius 1 is 1.33 bits per heavy atom. The van der Waals surface area contributed by atoms with E-state index in [4.69, 9.17) is 5.73 Å². The molecule has 102 valence electrons. The van der Waals surface area contributed by atoms with Crippen molar-refractivity contribution < 1.29 is 8.42 Å². The fourth-order valence-electron chi connectivity index (χ4n) is 1.53. The van der Waals surface area contributed by atoms with Crippen molar-refractivity contribution in [3.05, 3.63) is 35.4 Å². The van der Waals surface area contributed by atoms with E-state index in [9.17, 15) is 8.42 Å². The molecule has 1 rings (SSSR count). The highest BCUT2D eigenvalue weighted by Crippen LogP contribution is 2.12. The number of thioether (sulfide) groups is 1. The maximum atomic E-state index is 12.1. The molecule has 0 unspecified atom stereocenters. The van der Waals surface area contributed by atoms with Crippen LogP contribution in [0.15, 0.2) is 24.3 Å². The third-order valence-corrected chi connectivity index (χ3v) is 5.08. The van der Waals surface area contributed by atoms with Gasteiger partial charge in [-0.1, -0.05) is 24.3 Å². The molecule has 0 amide bonds. The van der Waals surface area contributed by atoms with Crippen molar-refractivity contribution in [3.63, 3.8) is 0 Å². The number of sulfonamides is 1. The molecule has 4 nitrogen and oxygen atoms in total. The first-order valence-electron chi connectivity index (χ1n) is 5.70. The predicted molar refractivity (Wildman–Crippen MR) is 78.0 cm³/mol. The van der Waals surface area contributed by atoms with E-state index in [2.05, 4.69) is 0 Å². The smallest absolute Gasteiger partial charge is 0.218 e. The summed E-state index contributed by atoms with van der Waals surface area (Å²) in [4.78, 5) is 0. The van der Waals surface area contributed by atoms with Crippen molar-refractivity contribution in [3.8, 4) is 0 Å². The quantitative estimate of drug-likeness (QED) is 0.820. The van der Waals surface area contributed by atoms with E-state index in [1.165, 1.54) is 4.31 Å². The van der Waals surface area contributed by atoms with Crippen molar-refractivity contribution in [2.45, 2.75) is 12.3 Å². The summed E-state index contributed by atoms with van der Waals surface area (Å²) in [7, 11) is -1.61. The molecule has 0 saturated heterocycles. The van der Waals surface area contributed by atoms with Gasteiger partial charge in [-0.3, -0.25) is 0 Å². The number of hydrogen-bond donors (Lipinski definition) is 1. The Hall–Kier alpha value is -0.560. The van der Waals surface area contributed by atoms with Crippen LogP contribution in [0.1, 0.15) is 11.1 Å². The first kappa shape index (κ1) is 15.5. The second kappa shape index (κ2) is 7.13. The SMILES string of the molecule is CSCCN(C)S(=O)(=O)Cc1cccc(CN)c1. The van der Waals surface area contributed by atoms with Gasteiger partial charge in [0.25, 0.3) is 0 Å². The van der Waals surface area contributed by atoms with Gasteiger partial charge in [0.15, 0.2) is 0 Å². The van der Waals surface area contributed by atoms with Crippen LogP contribution in [0.3, 0.4) is 0 Å². The van der Waals surface area contributed by atoms with E-state index in [1.807, 2.05) is 30.5 Å². The van der Waals surface area contributed by atoms with Crippen LogP contribution < -0.4 is 5.73 Å². The fraction of sp³-hybridized carbons (Fsp3) is 0.500. The van der Waals surface area contributed by atoms with Crippen molar-refractivity contribution >= 4 is 21.8 Å². The maximum Gasteiger partial charge on any atom is 0.218 e. The standard InChI is InChI=1S/C12H20N2O2S2/c1-14(6-7-17-2)18(15,16)10-12-5-3-4-11(8-12)9-13/h3-5,8H,6-7,9-10,13H2,1-2H3. The minimum Gasteiger partial charge on any atom is -0.326 e. The van der Waals surface area contributed by atoms with Crippen LogP contribution in [0.2, 0.25) is 0 Å². The summed E-state index contributed by atoms with van der Waals surface area (Å²) in [6, 6.07) is 7.40. The zero-order chi connectivity index (χ0) is 13.6. The highest BCUT2D eigenvalue weighted by atomic mass is 32.2. The zero-order valence-corrected chi connectivity index (χ0v) is 12.4. The molecule has 1 aromatic carbocycles. The van der Waals surface area contributed by atoms with Crippen molar-refractivity contribution in [2.24, 2.45) is 5.73 Å². The minimum atomic E-state index is -3.23. The number of benzene rings is 1. The van der Waals surface area contributed by atoms with Crippen molar-refractivity contribution in [1.82, 2.24) is 4.31 Å². The van der Waals surface area contributed by atoms with E-state index in [0.29, 0.717) is 13.1 Å². The highest BCUT2D eigenvalue weighted by molar-refractivity contribution is 7.98. The van der Waals surface area contributed by atoms with Crippen LogP contribution in [0.4, 0.5) is 0 Å². The third-order valence-electron chi connectivity index (χ3n) is 2.66. The summed E-state index contributed by atoms with van der Waals surface area (Å²) in [5.41, 5.74) is 7.28. The summed E-state index contributed by atoms with van der Waals surface area (Å²) >= 11 is 1.64. The lowest BCUT2D eigenvalue weighted by atomic mass is 10.1. The molecular formula is C12H20N2O2S2. The Labute approximate surface area is 114 Å². The van der Waals surface area contributed by atoms with Gasteiger partial charge in [-0.2, -0.15) is 11.8 Å². The van der Waals surface area contributed by atoms with Crippen molar-refractivity contribution in [2.75, 3.05) is 25.6 Å². The molecule has 0 saturated carbocycles. The molecule has 0 heterocycles. The molecule has 0 spiro atoms. The molecule has 2 N–H and O–H groups in total. The first-order valence-corrected chi connectivity index (χ1v) is 8.70. The average molecular weight is 288 g/mol.